The van der Waals surface area contributed by atoms with Crippen molar-refractivity contribution >= 4 is 21.6 Å². The molecule has 3 rings (SSSR count). The van der Waals surface area contributed by atoms with Gasteiger partial charge < -0.3 is 5.32 Å². The Bertz CT molecular complexity index is 946. The maximum Gasteiger partial charge on any atom is 0.246 e. The molecule has 152 valence electrons. The lowest BCUT2D eigenvalue weighted by atomic mass is 10.2. The molecule has 1 saturated heterocycles. The smallest absolute Gasteiger partial charge is 0.246 e. The number of carbonyl (C=O) groups excluding carboxylic acids is 1. The number of carbonyl (C=O) groups is 1. The van der Waals surface area contributed by atoms with Crippen LogP contribution in [0.3, 0.4) is 0 Å². The third-order valence-electron chi connectivity index (χ3n) is 4.96. The maximum absolute atomic E-state index is 12.9. The Balaban J connectivity index is 1.57. The Labute approximate surface area is 166 Å². The van der Waals surface area contributed by atoms with Crippen LogP contribution in [0.2, 0.25) is 0 Å². The lowest BCUT2D eigenvalue weighted by Crippen LogP contribution is -2.50. The monoisotopic (exact) mass is 405 g/mol. The number of hydrogen-bond acceptors (Lipinski definition) is 5. The number of amides is 1. The molecule has 1 amide bonds. The van der Waals surface area contributed by atoms with Crippen molar-refractivity contribution in [1.82, 2.24) is 19.0 Å². The van der Waals surface area contributed by atoms with E-state index >= 15 is 0 Å². The number of rotatable bonds is 6. The number of anilines is 1. The predicted octanol–water partition coefficient (Wildman–Crippen LogP) is 1.46. The molecular formula is C19H27N5O3S. The molecule has 28 heavy (non-hydrogen) atoms. The summed E-state index contributed by atoms with van der Waals surface area (Å²) in [6, 6.07) is 7.63. The standard InChI is InChI=1S/C19H27N5O3S/c1-4-23-13-18(16(3)21-23)28(26,27)24-11-9-22(10-12-24)14-19(25)20-17-8-6-5-7-15(17)2/h5-8,13H,4,9-12,14H2,1-3H3,(H,20,25). The lowest BCUT2D eigenvalue weighted by molar-refractivity contribution is -0.117. The summed E-state index contributed by atoms with van der Waals surface area (Å²) in [5.41, 5.74) is 2.33. The summed E-state index contributed by atoms with van der Waals surface area (Å²) in [5.74, 6) is -0.0920. The zero-order valence-electron chi connectivity index (χ0n) is 16.6. The molecule has 0 radical (unpaired) electrons. The van der Waals surface area contributed by atoms with Crippen LogP contribution in [0.1, 0.15) is 18.2 Å². The van der Waals surface area contributed by atoms with Crippen molar-refractivity contribution < 1.29 is 13.2 Å². The number of piperazine rings is 1. The van der Waals surface area contributed by atoms with Gasteiger partial charge in [-0.15, -0.1) is 0 Å². The van der Waals surface area contributed by atoms with E-state index in [0.29, 0.717) is 38.4 Å². The van der Waals surface area contributed by atoms with E-state index in [1.54, 1.807) is 17.8 Å². The van der Waals surface area contributed by atoms with Gasteiger partial charge in [-0.2, -0.15) is 9.40 Å². The molecule has 1 aromatic heterocycles. The van der Waals surface area contributed by atoms with Crippen molar-refractivity contribution in [3.8, 4) is 0 Å². The SMILES string of the molecule is CCn1cc(S(=O)(=O)N2CCN(CC(=O)Nc3ccccc3C)CC2)c(C)n1. The van der Waals surface area contributed by atoms with Crippen molar-refractivity contribution in [2.45, 2.75) is 32.2 Å². The number of hydrogen-bond donors (Lipinski definition) is 1. The molecule has 2 aromatic rings. The zero-order chi connectivity index (χ0) is 20.3. The number of aromatic nitrogens is 2. The zero-order valence-corrected chi connectivity index (χ0v) is 17.4. The van der Waals surface area contributed by atoms with Gasteiger partial charge in [0.15, 0.2) is 0 Å². The Morgan fingerprint density at radius 2 is 1.82 bits per heavy atom. The Kier molecular flexibility index (Phi) is 6.17. The molecule has 1 aliphatic rings. The molecule has 1 aliphatic heterocycles. The van der Waals surface area contributed by atoms with Gasteiger partial charge in [-0.25, -0.2) is 8.42 Å². The predicted molar refractivity (Wildman–Crippen MR) is 108 cm³/mol. The van der Waals surface area contributed by atoms with E-state index in [1.807, 2.05) is 43.0 Å². The summed E-state index contributed by atoms with van der Waals surface area (Å²) in [6.07, 6.45) is 1.59. The van der Waals surface area contributed by atoms with Crippen molar-refractivity contribution in [2.24, 2.45) is 0 Å². The van der Waals surface area contributed by atoms with E-state index in [9.17, 15) is 13.2 Å². The molecular weight excluding hydrogens is 378 g/mol. The van der Waals surface area contributed by atoms with Crippen molar-refractivity contribution in [3.05, 3.63) is 41.7 Å². The summed E-state index contributed by atoms with van der Waals surface area (Å²) >= 11 is 0. The van der Waals surface area contributed by atoms with Crippen LogP contribution in [0.25, 0.3) is 0 Å². The number of nitrogens with one attached hydrogen (secondary N) is 1. The van der Waals surface area contributed by atoms with E-state index < -0.39 is 10.0 Å². The first kappa shape index (κ1) is 20.5. The van der Waals surface area contributed by atoms with Gasteiger partial charge in [-0.05, 0) is 32.4 Å². The average molecular weight is 406 g/mol. The van der Waals surface area contributed by atoms with E-state index in [-0.39, 0.29) is 17.3 Å². The molecule has 0 atom stereocenters. The first-order chi connectivity index (χ1) is 13.3. The normalized spacial score (nSPS) is 16.2. The summed E-state index contributed by atoms with van der Waals surface area (Å²) < 4.78 is 29.0. The first-order valence-corrected chi connectivity index (χ1v) is 10.9. The summed E-state index contributed by atoms with van der Waals surface area (Å²) in [4.78, 5) is 14.6. The third-order valence-corrected chi connectivity index (χ3v) is 6.96. The van der Waals surface area contributed by atoms with Crippen LogP contribution in [-0.2, 0) is 21.4 Å². The first-order valence-electron chi connectivity index (χ1n) is 9.43. The van der Waals surface area contributed by atoms with Gasteiger partial charge in [-0.1, -0.05) is 18.2 Å². The molecule has 2 heterocycles. The van der Waals surface area contributed by atoms with Crippen molar-refractivity contribution in [3.63, 3.8) is 0 Å². The second-order valence-corrected chi connectivity index (χ2v) is 8.88. The van der Waals surface area contributed by atoms with Gasteiger partial charge in [0.1, 0.15) is 4.90 Å². The molecule has 1 aromatic carbocycles. The van der Waals surface area contributed by atoms with E-state index in [4.69, 9.17) is 0 Å². The molecule has 8 nitrogen and oxygen atoms in total. The van der Waals surface area contributed by atoms with Crippen LogP contribution in [0.15, 0.2) is 35.4 Å². The number of aryl methyl sites for hydroxylation is 3. The second kappa shape index (κ2) is 8.42. The van der Waals surface area contributed by atoms with E-state index in [0.717, 1.165) is 11.3 Å². The number of sulfonamides is 1. The largest absolute Gasteiger partial charge is 0.325 e. The molecule has 0 aliphatic carbocycles. The van der Waals surface area contributed by atoms with Gasteiger partial charge in [-0.3, -0.25) is 14.4 Å². The summed E-state index contributed by atoms with van der Waals surface area (Å²) in [7, 11) is -3.57. The number of benzene rings is 1. The molecule has 9 heteroatoms. The van der Waals surface area contributed by atoms with Crippen LogP contribution >= 0.6 is 0 Å². The van der Waals surface area contributed by atoms with Gasteiger partial charge in [0, 0.05) is 44.6 Å². The fourth-order valence-electron chi connectivity index (χ4n) is 3.29. The second-order valence-electron chi connectivity index (χ2n) is 6.98. The van der Waals surface area contributed by atoms with Crippen LogP contribution < -0.4 is 5.32 Å². The van der Waals surface area contributed by atoms with Crippen molar-refractivity contribution in [2.75, 3.05) is 38.0 Å². The molecule has 0 bridgehead atoms. The Hall–Kier alpha value is -2.23. The van der Waals surface area contributed by atoms with Gasteiger partial charge in [0.2, 0.25) is 15.9 Å². The molecule has 0 spiro atoms. The van der Waals surface area contributed by atoms with E-state index in [1.165, 1.54) is 4.31 Å². The summed E-state index contributed by atoms with van der Waals surface area (Å²) in [5, 5.41) is 7.16. The van der Waals surface area contributed by atoms with Gasteiger partial charge in [0.05, 0.1) is 12.2 Å². The summed E-state index contributed by atoms with van der Waals surface area (Å²) in [6.45, 7) is 8.20. The van der Waals surface area contributed by atoms with Crippen LogP contribution in [0.5, 0.6) is 0 Å². The highest BCUT2D eigenvalue weighted by Gasteiger charge is 2.31. The van der Waals surface area contributed by atoms with Gasteiger partial charge in [0.25, 0.3) is 0 Å². The topological polar surface area (TPSA) is 87.5 Å². The quantitative estimate of drug-likeness (QED) is 0.786. The Morgan fingerprint density at radius 3 is 2.43 bits per heavy atom. The van der Waals surface area contributed by atoms with Crippen LogP contribution in [-0.4, -0.2) is 66.0 Å². The molecule has 1 fully saturated rings. The minimum absolute atomic E-state index is 0.0920. The van der Waals surface area contributed by atoms with Crippen LogP contribution in [0.4, 0.5) is 5.69 Å². The minimum atomic E-state index is -3.57. The number of nitrogens with zero attached hydrogens (tertiary/aromatic N) is 4. The highest BCUT2D eigenvalue weighted by Crippen LogP contribution is 2.20. The highest BCUT2D eigenvalue weighted by molar-refractivity contribution is 7.89. The van der Waals surface area contributed by atoms with Crippen LogP contribution in [0, 0.1) is 13.8 Å². The lowest BCUT2D eigenvalue weighted by Gasteiger charge is -2.33. The van der Waals surface area contributed by atoms with Gasteiger partial charge >= 0.3 is 0 Å². The molecule has 1 N–H and O–H groups in total. The molecule has 0 saturated carbocycles. The fraction of sp³-hybridized carbons (Fsp3) is 0.474. The molecule has 0 unspecified atom stereocenters. The minimum Gasteiger partial charge on any atom is -0.325 e. The van der Waals surface area contributed by atoms with E-state index in [2.05, 4.69) is 10.4 Å². The highest BCUT2D eigenvalue weighted by atomic mass is 32.2. The maximum atomic E-state index is 12.9. The third kappa shape index (κ3) is 4.43. The number of para-hydroxylation sites is 1. The average Bonchev–Trinajstić information content (AvgIpc) is 3.06. The fourth-order valence-corrected chi connectivity index (χ4v) is 4.88. The van der Waals surface area contributed by atoms with Crippen molar-refractivity contribution in [1.29, 1.82) is 0 Å². The Morgan fingerprint density at radius 1 is 1.14 bits per heavy atom.